The maximum Gasteiger partial charge on any atom is 0.162 e. The van der Waals surface area contributed by atoms with Crippen LogP contribution in [0.15, 0.2) is 29.2 Å². The number of rotatable bonds is 1. The Morgan fingerprint density at radius 1 is 0.875 bits per heavy atom. The van der Waals surface area contributed by atoms with Gasteiger partial charge in [-0.05, 0) is 49.6 Å². The Balaban J connectivity index is 2.81. The highest BCUT2D eigenvalue weighted by molar-refractivity contribution is 7.95. The van der Waals surface area contributed by atoms with Crippen molar-refractivity contribution in [3.8, 4) is 11.1 Å². The van der Waals surface area contributed by atoms with Crippen molar-refractivity contribution in [1.82, 2.24) is 0 Å². The highest BCUT2D eigenvalue weighted by atomic mass is 32.2. The fourth-order valence-electron chi connectivity index (χ4n) is 2.41. The molecular formula is C15H19S+. The standard InChI is InChI=1S/C15H19S/c1-10-8-11(2)13-6-7-14(16(4)5)15(13)12(3)9-10/h6-9H,1-5H3/q+1. The number of hydrogen-bond donors (Lipinski definition) is 0. The zero-order valence-electron chi connectivity index (χ0n) is 10.7. The van der Waals surface area contributed by atoms with Crippen LogP contribution in [0.5, 0.6) is 0 Å². The average molecular weight is 231 g/mol. The molecule has 84 valence electrons. The van der Waals surface area contributed by atoms with E-state index < -0.39 is 0 Å². The molecule has 0 radical (unpaired) electrons. The SMILES string of the molecule is Cc1cc(C)c2ccc([S+](C)C)c-2c(C)c1. The molecule has 0 atom stereocenters. The molecule has 0 aromatic carbocycles. The molecule has 0 aliphatic heterocycles. The Bertz CT molecular complexity index is 497. The van der Waals surface area contributed by atoms with Gasteiger partial charge in [0.2, 0.25) is 0 Å². The topological polar surface area (TPSA) is 0 Å². The lowest BCUT2D eigenvalue weighted by Gasteiger charge is -2.02. The van der Waals surface area contributed by atoms with Crippen LogP contribution < -0.4 is 0 Å². The molecule has 0 amide bonds. The van der Waals surface area contributed by atoms with Crippen molar-refractivity contribution in [3.63, 3.8) is 0 Å². The lowest BCUT2D eigenvalue weighted by Crippen LogP contribution is -1.95. The molecule has 16 heavy (non-hydrogen) atoms. The van der Waals surface area contributed by atoms with E-state index in [1.54, 1.807) is 0 Å². The Morgan fingerprint density at radius 2 is 1.50 bits per heavy atom. The first kappa shape index (κ1) is 11.5. The molecule has 0 bridgehead atoms. The minimum atomic E-state index is 0.331. The van der Waals surface area contributed by atoms with Crippen molar-refractivity contribution in [1.29, 1.82) is 0 Å². The van der Waals surface area contributed by atoms with Gasteiger partial charge in [-0.15, -0.1) is 0 Å². The second-order valence-corrected chi connectivity index (χ2v) is 6.77. The Kier molecular flexibility index (Phi) is 2.98. The predicted octanol–water partition coefficient (Wildman–Crippen LogP) is 3.95. The lowest BCUT2D eigenvalue weighted by molar-refractivity contribution is 1.40. The van der Waals surface area contributed by atoms with Crippen molar-refractivity contribution in [2.45, 2.75) is 25.7 Å². The minimum Gasteiger partial charge on any atom is -0.0558 e. The van der Waals surface area contributed by atoms with E-state index in [0.29, 0.717) is 10.9 Å². The Hall–Kier alpha value is -0.950. The molecular weight excluding hydrogens is 212 g/mol. The third-order valence-electron chi connectivity index (χ3n) is 3.06. The molecule has 0 saturated carbocycles. The third-order valence-corrected chi connectivity index (χ3v) is 4.28. The van der Waals surface area contributed by atoms with E-state index in [-0.39, 0.29) is 0 Å². The van der Waals surface area contributed by atoms with Crippen molar-refractivity contribution in [2.24, 2.45) is 0 Å². The van der Waals surface area contributed by atoms with Crippen LogP contribution in [0.1, 0.15) is 16.7 Å². The molecule has 2 rings (SSSR count). The van der Waals surface area contributed by atoms with Crippen LogP contribution in [-0.2, 0) is 10.9 Å². The molecule has 2 aliphatic rings. The van der Waals surface area contributed by atoms with Crippen LogP contribution in [0.25, 0.3) is 11.1 Å². The van der Waals surface area contributed by atoms with Crippen LogP contribution in [0.2, 0.25) is 0 Å². The highest BCUT2D eigenvalue weighted by Gasteiger charge is 2.21. The van der Waals surface area contributed by atoms with Gasteiger partial charge >= 0.3 is 0 Å². The summed E-state index contributed by atoms with van der Waals surface area (Å²) in [4.78, 5) is 1.51. The van der Waals surface area contributed by atoms with Crippen LogP contribution in [0.4, 0.5) is 0 Å². The van der Waals surface area contributed by atoms with Crippen molar-refractivity contribution in [2.75, 3.05) is 12.5 Å². The van der Waals surface area contributed by atoms with Gasteiger partial charge in [0.1, 0.15) is 12.5 Å². The van der Waals surface area contributed by atoms with Gasteiger partial charge in [0.05, 0.1) is 0 Å². The first-order chi connectivity index (χ1) is 7.50. The van der Waals surface area contributed by atoms with Crippen molar-refractivity contribution < 1.29 is 0 Å². The van der Waals surface area contributed by atoms with E-state index in [0.717, 1.165) is 0 Å². The molecule has 0 spiro atoms. The summed E-state index contributed by atoms with van der Waals surface area (Å²) in [6.07, 6.45) is 4.59. The van der Waals surface area contributed by atoms with Gasteiger partial charge < -0.3 is 0 Å². The number of fused-ring (bicyclic) bond motifs is 1. The summed E-state index contributed by atoms with van der Waals surface area (Å²) in [7, 11) is 0.331. The summed E-state index contributed by atoms with van der Waals surface area (Å²) in [5, 5.41) is 0. The summed E-state index contributed by atoms with van der Waals surface area (Å²) < 4.78 is 0. The van der Waals surface area contributed by atoms with E-state index in [1.165, 1.54) is 32.7 Å². The van der Waals surface area contributed by atoms with E-state index in [4.69, 9.17) is 0 Å². The summed E-state index contributed by atoms with van der Waals surface area (Å²) in [5.41, 5.74) is 7.03. The summed E-state index contributed by atoms with van der Waals surface area (Å²) >= 11 is 0. The smallest absolute Gasteiger partial charge is 0.0558 e. The Morgan fingerprint density at radius 3 is 2.12 bits per heavy atom. The molecule has 0 saturated heterocycles. The highest BCUT2D eigenvalue weighted by Crippen LogP contribution is 2.36. The normalized spacial score (nSPS) is 11.4. The maximum atomic E-state index is 2.30. The largest absolute Gasteiger partial charge is 0.162 e. The van der Waals surface area contributed by atoms with Gasteiger partial charge in [-0.3, -0.25) is 0 Å². The summed E-state index contributed by atoms with van der Waals surface area (Å²) in [6.45, 7) is 6.61. The van der Waals surface area contributed by atoms with Crippen molar-refractivity contribution in [3.05, 3.63) is 41.0 Å². The predicted molar refractivity (Wildman–Crippen MR) is 74.8 cm³/mol. The second-order valence-electron chi connectivity index (χ2n) is 4.70. The number of hydrogen-bond acceptors (Lipinski definition) is 0. The average Bonchev–Trinajstić information content (AvgIpc) is 2.56. The zero-order chi connectivity index (χ0) is 11.9. The summed E-state index contributed by atoms with van der Waals surface area (Å²) in [5.74, 6) is 0. The molecule has 2 aliphatic carbocycles. The fraction of sp³-hybridized carbons (Fsp3) is 0.333. The molecule has 0 fully saturated rings. The fourth-order valence-corrected chi connectivity index (χ4v) is 3.43. The Labute approximate surface area is 101 Å². The summed E-state index contributed by atoms with van der Waals surface area (Å²) in [6, 6.07) is 9.15. The maximum absolute atomic E-state index is 2.30. The minimum absolute atomic E-state index is 0.331. The second kappa shape index (κ2) is 4.14. The van der Waals surface area contributed by atoms with Gasteiger partial charge in [-0.25, -0.2) is 0 Å². The monoisotopic (exact) mass is 231 g/mol. The van der Waals surface area contributed by atoms with Crippen LogP contribution in [-0.4, -0.2) is 12.5 Å². The van der Waals surface area contributed by atoms with E-state index >= 15 is 0 Å². The van der Waals surface area contributed by atoms with E-state index in [1.807, 2.05) is 0 Å². The van der Waals surface area contributed by atoms with Gasteiger partial charge in [0.25, 0.3) is 0 Å². The van der Waals surface area contributed by atoms with E-state index in [2.05, 4.69) is 57.5 Å². The van der Waals surface area contributed by atoms with Gasteiger partial charge in [-0.1, -0.05) is 17.7 Å². The van der Waals surface area contributed by atoms with Gasteiger partial charge in [0, 0.05) is 16.5 Å². The first-order valence-corrected chi connectivity index (χ1v) is 7.63. The molecule has 0 unspecified atom stereocenters. The van der Waals surface area contributed by atoms with E-state index in [9.17, 15) is 0 Å². The number of aryl methyl sites for hydroxylation is 3. The van der Waals surface area contributed by atoms with Gasteiger partial charge in [0.15, 0.2) is 4.90 Å². The first-order valence-electron chi connectivity index (χ1n) is 5.59. The molecule has 0 aromatic heterocycles. The zero-order valence-corrected chi connectivity index (χ0v) is 11.5. The van der Waals surface area contributed by atoms with Crippen LogP contribution in [0.3, 0.4) is 0 Å². The molecule has 0 N–H and O–H groups in total. The molecule has 0 aromatic rings. The van der Waals surface area contributed by atoms with Crippen molar-refractivity contribution >= 4 is 10.9 Å². The molecule has 0 heterocycles. The third kappa shape index (κ3) is 1.84. The van der Waals surface area contributed by atoms with Gasteiger partial charge in [-0.2, -0.15) is 0 Å². The molecule has 0 nitrogen and oxygen atoms in total. The van der Waals surface area contributed by atoms with Crippen LogP contribution >= 0.6 is 0 Å². The molecule has 1 heteroatoms. The van der Waals surface area contributed by atoms with Crippen LogP contribution in [0, 0.1) is 20.8 Å². The quantitative estimate of drug-likeness (QED) is 0.652. The lowest BCUT2D eigenvalue weighted by atomic mass is 10.1.